The van der Waals surface area contributed by atoms with Crippen LogP contribution in [0.3, 0.4) is 0 Å². The van der Waals surface area contributed by atoms with Crippen LogP contribution >= 0.6 is 92.8 Å². The minimum absolute atomic E-state index is 0.118. The number of alkyl halides is 3. The lowest BCUT2D eigenvalue weighted by Crippen LogP contribution is -2.56. The van der Waals surface area contributed by atoms with E-state index < -0.39 is 15.9 Å². The zero-order chi connectivity index (χ0) is 20.2. The average Bonchev–Trinajstić information content (AvgIpc) is 2.56. The molecular weight excluding hydrogens is 586 g/mol. The molecule has 0 aliphatic heterocycles. The van der Waals surface area contributed by atoms with Crippen molar-refractivity contribution in [2.24, 2.45) is 0 Å². The Kier molecular flexibility index (Phi) is 8.54. The van der Waals surface area contributed by atoms with Gasteiger partial charge >= 0.3 is 0 Å². The molecule has 1 atom stereocenters. The summed E-state index contributed by atoms with van der Waals surface area (Å²) in [5.74, 6) is -0.422. The van der Waals surface area contributed by atoms with Gasteiger partial charge in [0.05, 0.1) is 10.0 Å². The van der Waals surface area contributed by atoms with Crippen LogP contribution in [0.2, 0.25) is 10.0 Å². The van der Waals surface area contributed by atoms with Crippen LogP contribution in [0.15, 0.2) is 42.5 Å². The van der Waals surface area contributed by atoms with Crippen molar-refractivity contribution in [1.29, 1.82) is 0 Å². The summed E-state index contributed by atoms with van der Waals surface area (Å²) in [5, 5.41) is 9.15. The van der Waals surface area contributed by atoms with E-state index in [1.165, 1.54) is 0 Å². The van der Waals surface area contributed by atoms with Gasteiger partial charge in [-0.15, -0.1) is 0 Å². The molecular formula is C16H11Cl5IN3OS. The zero-order valence-electron chi connectivity index (χ0n) is 13.2. The number of thiocarbonyl (C=S) groups is 1. The van der Waals surface area contributed by atoms with Gasteiger partial charge in [0.1, 0.15) is 6.17 Å². The van der Waals surface area contributed by atoms with Crippen LogP contribution < -0.4 is 16.0 Å². The molecule has 0 fully saturated rings. The molecule has 0 spiro atoms. The Morgan fingerprint density at radius 2 is 1.74 bits per heavy atom. The molecule has 0 unspecified atom stereocenters. The second kappa shape index (κ2) is 10.0. The van der Waals surface area contributed by atoms with Gasteiger partial charge in [-0.1, -0.05) is 64.1 Å². The summed E-state index contributed by atoms with van der Waals surface area (Å²) in [6.45, 7) is 0. The molecule has 11 heteroatoms. The highest BCUT2D eigenvalue weighted by atomic mass is 127. The van der Waals surface area contributed by atoms with Crippen LogP contribution in [0.5, 0.6) is 0 Å². The van der Waals surface area contributed by atoms with E-state index in [2.05, 4.69) is 38.5 Å². The van der Waals surface area contributed by atoms with Crippen molar-refractivity contribution in [3.63, 3.8) is 0 Å². The third-order valence-corrected chi connectivity index (χ3v) is 5.43. The molecule has 4 nitrogen and oxygen atoms in total. The van der Waals surface area contributed by atoms with Crippen LogP contribution in [0.25, 0.3) is 0 Å². The number of nitrogens with one attached hydrogen (secondary N) is 3. The number of anilines is 1. The van der Waals surface area contributed by atoms with Crippen LogP contribution in [0.4, 0.5) is 5.69 Å². The summed E-state index contributed by atoms with van der Waals surface area (Å²) >= 11 is 37.1. The molecule has 144 valence electrons. The molecule has 2 aromatic carbocycles. The predicted octanol–water partition coefficient (Wildman–Crippen LogP) is 6.01. The van der Waals surface area contributed by atoms with Crippen LogP contribution in [-0.2, 0) is 0 Å². The second-order valence-electron chi connectivity index (χ2n) is 5.19. The van der Waals surface area contributed by atoms with Crippen LogP contribution in [0, 0.1) is 3.57 Å². The maximum Gasteiger partial charge on any atom is 0.253 e. The van der Waals surface area contributed by atoms with E-state index in [1.54, 1.807) is 36.4 Å². The molecule has 2 aromatic rings. The fourth-order valence-electron chi connectivity index (χ4n) is 1.92. The fourth-order valence-corrected chi connectivity index (χ4v) is 3.32. The maximum absolute atomic E-state index is 12.4. The van der Waals surface area contributed by atoms with Crippen molar-refractivity contribution in [2.45, 2.75) is 9.96 Å². The topological polar surface area (TPSA) is 53.2 Å². The normalized spacial score (nSPS) is 12.2. The minimum Gasteiger partial charge on any atom is -0.339 e. The number of hydrogen-bond acceptors (Lipinski definition) is 2. The van der Waals surface area contributed by atoms with E-state index >= 15 is 0 Å². The average molecular weight is 598 g/mol. The SMILES string of the molecule is O=C(N[C@H](NC(=S)Nc1ccc(Cl)c(Cl)c1)C(Cl)(Cl)Cl)c1cccc(I)c1. The van der Waals surface area contributed by atoms with Gasteiger partial charge in [0.25, 0.3) is 5.91 Å². The highest BCUT2D eigenvalue weighted by Gasteiger charge is 2.35. The van der Waals surface area contributed by atoms with Gasteiger partial charge in [-0.05, 0) is 71.2 Å². The van der Waals surface area contributed by atoms with Crippen molar-refractivity contribution in [2.75, 3.05) is 5.32 Å². The van der Waals surface area contributed by atoms with E-state index in [-0.39, 0.29) is 5.11 Å². The van der Waals surface area contributed by atoms with Gasteiger partial charge in [-0.25, -0.2) is 0 Å². The molecule has 0 radical (unpaired) electrons. The number of carbonyl (C=O) groups is 1. The number of amides is 1. The lowest BCUT2D eigenvalue weighted by molar-refractivity contribution is 0.0934. The first-order chi connectivity index (χ1) is 12.6. The van der Waals surface area contributed by atoms with Gasteiger partial charge < -0.3 is 16.0 Å². The first-order valence-corrected chi connectivity index (χ1v) is 10.6. The molecule has 0 bridgehead atoms. The maximum atomic E-state index is 12.4. The number of rotatable bonds is 4. The standard InChI is InChI=1S/C16H11Cl5IN3OS/c17-11-5-4-10(7-12(11)18)23-15(27)25-14(16(19,20)21)24-13(26)8-2-1-3-9(22)6-8/h1-7,14H,(H,24,26)(H2,23,25,27)/t14-/m1/s1. The Morgan fingerprint density at radius 1 is 1.04 bits per heavy atom. The molecule has 27 heavy (non-hydrogen) atoms. The van der Waals surface area contributed by atoms with Crippen molar-refractivity contribution in [3.8, 4) is 0 Å². The first kappa shape index (κ1) is 23.1. The molecule has 0 saturated heterocycles. The molecule has 3 N–H and O–H groups in total. The third-order valence-electron chi connectivity index (χ3n) is 3.14. The van der Waals surface area contributed by atoms with Gasteiger partial charge in [-0.3, -0.25) is 4.79 Å². The molecule has 2 rings (SSSR count). The zero-order valence-corrected chi connectivity index (χ0v) is 20.0. The Hall–Kier alpha value is -0.220. The summed E-state index contributed by atoms with van der Waals surface area (Å²) in [6.07, 6.45) is -1.09. The highest BCUT2D eigenvalue weighted by molar-refractivity contribution is 14.1. The summed E-state index contributed by atoms with van der Waals surface area (Å²) in [5.41, 5.74) is 1.00. The van der Waals surface area contributed by atoms with Crippen LogP contribution in [0.1, 0.15) is 10.4 Å². The number of hydrogen-bond donors (Lipinski definition) is 3. The Balaban J connectivity index is 2.08. The van der Waals surface area contributed by atoms with Gasteiger partial charge in [0, 0.05) is 14.8 Å². The molecule has 0 aromatic heterocycles. The first-order valence-electron chi connectivity index (χ1n) is 7.22. The van der Waals surface area contributed by atoms with Crippen molar-refractivity contribution in [3.05, 3.63) is 61.6 Å². The van der Waals surface area contributed by atoms with E-state index in [0.717, 1.165) is 3.57 Å². The highest BCUT2D eigenvalue weighted by Crippen LogP contribution is 2.30. The van der Waals surface area contributed by atoms with Crippen molar-refractivity contribution in [1.82, 2.24) is 10.6 Å². The Bertz CT molecular complexity index is 862. The van der Waals surface area contributed by atoms with E-state index in [9.17, 15) is 4.79 Å². The number of carbonyl (C=O) groups excluding carboxylic acids is 1. The molecule has 0 aliphatic rings. The van der Waals surface area contributed by atoms with Gasteiger partial charge in [0.2, 0.25) is 3.79 Å². The largest absolute Gasteiger partial charge is 0.339 e. The molecule has 0 heterocycles. The third kappa shape index (κ3) is 7.27. The fraction of sp³-hybridized carbons (Fsp3) is 0.125. The molecule has 0 saturated carbocycles. The summed E-state index contributed by atoms with van der Waals surface area (Å²) in [6, 6.07) is 11.9. The van der Waals surface area contributed by atoms with Gasteiger partial charge in [-0.2, -0.15) is 0 Å². The smallest absolute Gasteiger partial charge is 0.253 e. The van der Waals surface area contributed by atoms with E-state index in [4.69, 9.17) is 70.2 Å². The van der Waals surface area contributed by atoms with E-state index in [1.807, 2.05) is 6.07 Å². The lowest BCUT2D eigenvalue weighted by atomic mass is 10.2. The monoisotopic (exact) mass is 595 g/mol. The van der Waals surface area contributed by atoms with E-state index in [0.29, 0.717) is 21.3 Å². The summed E-state index contributed by atoms with van der Waals surface area (Å²) in [4.78, 5) is 12.4. The summed E-state index contributed by atoms with van der Waals surface area (Å²) in [7, 11) is 0. The molecule has 0 aliphatic carbocycles. The Labute approximate surface area is 200 Å². The second-order valence-corrected chi connectivity index (χ2v) is 10.0. The number of halogens is 6. The quantitative estimate of drug-likeness (QED) is 0.175. The summed E-state index contributed by atoms with van der Waals surface area (Å²) < 4.78 is -0.962. The number of benzene rings is 2. The van der Waals surface area contributed by atoms with Crippen molar-refractivity contribution >= 4 is 110 Å². The van der Waals surface area contributed by atoms with Crippen molar-refractivity contribution < 1.29 is 4.79 Å². The Morgan fingerprint density at radius 3 is 2.33 bits per heavy atom. The van der Waals surface area contributed by atoms with Crippen LogP contribution in [-0.4, -0.2) is 21.0 Å². The van der Waals surface area contributed by atoms with Gasteiger partial charge in [0.15, 0.2) is 5.11 Å². The predicted molar refractivity (Wildman–Crippen MR) is 127 cm³/mol. The lowest BCUT2D eigenvalue weighted by Gasteiger charge is -2.27. The molecule has 1 amide bonds. The minimum atomic E-state index is -1.86.